The number of carboxylic acids is 1. The van der Waals surface area contributed by atoms with Gasteiger partial charge < -0.3 is 15.2 Å². The molecule has 0 saturated carbocycles. The molecule has 2 N–H and O–H groups in total. The zero-order chi connectivity index (χ0) is 14.5. The van der Waals surface area contributed by atoms with E-state index in [1.807, 2.05) is 13.0 Å². The fourth-order valence-corrected chi connectivity index (χ4v) is 1.52. The van der Waals surface area contributed by atoms with Crippen LogP contribution in [0.25, 0.3) is 0 Å². The second-order valence-corrected chi connectivity index (χ2v) is 4.84. The van der Waals surface area contributed by atoms with E-state index in [-0.39, 0.29) is 12.3 Å². The van der Waals surface area contributed by atoms with Crippen molar-refractivity contribution in [3.8, 4) is 5.75 Å². The summed E-state index contributed by atoms with van der Waals surface area (Å²) in [5, 5.41) is 11.7. The molecule has 0 spiro atoms. The van der Waals surface area contributed by atoms with Gasteiger partial charge in [0.25, 0.3) is 0 Å². The lowest BCUT2D eigenvalue weighted by Gasteiger charge is -2.19. The molecule has 1 aromatic carbocycles. The summed E-state index contributed by atoms with van der Waals surface area (Å²) in [4.78, 5) is 22.8. The fourth-order valence-electron chi connectivity index (χ4n) is 1.52. The Balaban J connectivity index is 2.75. The van der Waals surface area contributed by atoms with Crippen molar-refractivity contribution < 1.29 is 19.4 Å². The zero-order valence-electron chi connectivity index (χ0n) is 11.4. The second-order valence-electron chi connectivity index (χ2n) is 4.84. The van der Waals surface area contributed by atoms with E-state index >= 15 is 0 Å². The first kappa shape index (κ1) is 15.0. The lowest BCUT2D eigenvalue weighted by molar-refractivity contribution is -0.148. The molecule has 0 aromatic heterocycles. The van der Waals surface area contributed by atoms with Crippen molar-refractivity contribution in [2.24, 2.45) is 5.41 Å². The Kier molecular flexibility index (Phi) is 4.92. The highest BCUT2D eigenvalue weighted by Gasteiger charge is 2.30. The Labute approximate surface area is 112 Å². The summed E-state index contributed by atoms with van der Waals surface area (Å²) in [6.45, 7) is 5.38. The van der Waals surface area contributed by atoms with Crippen LogP contribution < -0.4 is 10.1 Å². The quantitative estimate of drug-likeness (QED) is 0.828. The molecule has 0 saturated heterocycles. The molecule has 19 heavy (non-hydrogen) atoms. The van der Waals surface area contributed by atoms with Crippen LogP contribution in [0, 0.1) is 5.41 Å². The number of hydrogen-bond acceptors (Lipinski definition) is 3. The molecular formula is C14H19NO4. The van der Waals surface area contributed by atoms with Gasteiger partial charge >= 0.3 is 5.97 Å². The number of anilines is 1. The fraction of sp³-hybridized carbons (Fsp3) is 0.429. The number of benzene rings is 1. The van der Waals surface area contributed by atoms with Crippen LogP contribution in [0.1, 0.15) is 27.2 Å². The number of carboxylic acid groups (broad SMARTS) is 1. The molecule has 0 aliphatic carbocycles. The molecule has 5 nitrogen and oxygen atoms in total. The highest BCUT2D eigenvalue weighted by Crippen LogP contribution is 2.26. The third kappa shape index (κ3) is 4.28. The second kappa shape index (κ2) is 6.22. The number of rotatable bonds is 6. The molecule has 1 rings (SSSR count). The van der Waals surface area contributed by atoms with E-state index in [0.29, 0.717) is 18.0 Å². The smallest absolute Gasteiger partial charge is 0.309 e. The van der Waals surface area contributed by atoms with Crippen molar-refractivity contribution in [2.45, 2.75) is 27.2 Å². The third-order valence-corrected chi connectivity index (χ3v) is 2.64. The maximum atomic E-state index is 11.9. The minimum atomic E-state index is -1.09. The SMILES string of the molecule is CCOc1ccccc1NC(=O)CC(C)(C)C(=O)O. The van der Waals surface area contributed by atoms with Crippen LogP contribution >= 0.6 is 0 Å². The number of ether oxygens (including phenoxy) is 1. The van der Waals surface area contributed by atoms with Crippen LogP contribution in [0.4, 0.5) is 5.69 Å². The van der Waals surface area contributed by atoms with E-state index in [1.54, 1.807) is 18.2 Å². The normalized spacial score (nSPS) is 10.9. The van der Waals surface area contributed by atoms with E-state index in [0.717, 1.165) is 0 Å². The first-order chi connectivity index (χ1) is 8.86. The maximum absolute atomic E-state index is 11.9. The first-order valence-electron chi connectivity index (χ1n) is 6.12. The van der Waals surface area contributed by atoms with E-state index in [4.69, 9.17) is 9.84 Å². The van der Waals surface area contributed by atoms with Crippen molar-refractivity contribution in [1.29, 1.82) is 0 Å². The summed E-state index contributed by atoms with van der Waals surface area (Å²) < 4.78 is 5.38. The summed E-state index contributed by atoms with van der Waals surface area (Å²) >= 11 is 0. The largest absolute Gasteiger partial charge is 0.492 e. The number of para-hydroxylation sites is 2. The molecule has 1 aromatic rings. The van der Waals surface area contributed by atoms with Crippen LogP contribution in [-0.4, -0.2) is 23.6 Å². The number of nitrogens with one attached hydrogen (secondary N) is 1. The highest BCUT2D eigenvalue weighted by atomic mass is 16.5. The van der Waals surface area contributed by atoms with Crippen LogP contribution in [0.3, 0.4) is 0 Å². The number of aliphatic carboxylic acids is 1. The molecule has 0 heterocycles. The Morgan fingerprint density at radius 2 is 1.95 bits per heavy atom. The Bertz CT molecular complexity index is 468. The molecule has 5 heteroatoms. The number of carbonyl (C=O) groups is 2. The first-order valence-corrected chi connectivity index (χ1v) is 6.12. The molecule has 0 atom stereocenters. The van der Waals surface area contributed by atoms with Gasteiger partial charge in [0, 0.05) is 6.42 Å². The molecule has 0 radical (unpaired) electrons. The van der Waals surface area contributed by atoms with Crippen molar-refractivity contribution >= 4 is 17.6 Å². The Hall–Kier alpha value is -2.04. The van der Waals surface area contributed by atoms with Crippen LogP contribution in [0.5, 0.6) is 5.75 Å². The van der Waals surface area contributed by atoms with Gasteiger partial charge in [0.2, 0.25) is 5.91 Å². The zero-order valence-corrected chi connectivity index (χ0v) is 11.4. The summed E-state index contributed by atoms with van der Waals surface area (Å²) in [6, 6.07) is 7.06. The Morgan fingerprint density at radius 3 is 2.53 bits per heavy atom. The average Bonchev–Trinajstić information content (AvgIpc) is 2.31. The summed E-state index contributed by atoms with van der Waals surface area (Å²) in [5.74, 6) is -0.772. The van der Waals surface area contributed by atoms with Crippen molar-refractivity contribution in [2.75, 3.05) is 11.9 Å². The lowest BCUT2D eigenvalue weighted by Crippen LogP contribution is -2.29. The van der Waals surface area contributed by atoms with Crippen molar-refractivity contribution in [3.05, 3.63) is 24.3 Å². The molecular weight excluding hydrogens is 246 g/mol. The topological polar surface area (TPSA) is 75.6 Å². The van der Waals surface area contributed by atoms with Crippen LogP contribution in [-0.2, 0) is 9.59 Å². The maximum Gasteiger partial charge on any atom is 0.309 e. The van der Waals surface area contributed by atoms with Gasteiger partial charge in [-0.1, -0.05) is 12.1 Å². The number of amides is 1. The molecule has 0 unspecified atom stereocenters. The molecule has 0 fully saturated rings. The molecule has 1 amide bonds. The van der Waals surface area contributed by atoms with Crippen molar-refractivity contribution in [1.82, 2.24) is 0 Å². The van der Waals surface area contributed by atoms with Gasteiger partial charge in [-0.2, -0.15) is 0 Å². The average molecular weight is 265 g/mol. The van der Waals surface area contributed by atoms with Gasteiger partial charge in [-0.05, 0) is 32.9 Å². The molecule has 104 valence electrons. The standard InChI is InChI=1S/C14H19NO4/c1-4-19-11-8-6-5-7-10(11)15-12(16)9-14(2,3)13(17)18/h5-8H,4,9H2,1-3H3,(H,15,16)(H,17,18). The number of hydrogen-bond donors (Lipinski definition) is 2. The third-order valence-electron chi connectivity index (χ3n) is 2.64. The predicted molar refractivity (Wildman–Crippen MR) is 72.3 cm³/mol. The molecule has 0 aliphatic rings. The predicted octanol–water partition coefficient (Wildman–Crippen LogP) is 2.52. The van der Waals surface area contributed by atoms with Gasteiger partial charge in [-0.25, -0.2) is 0 Å². The van der Waals surface area contributed by atoms with Gasteiger partial charge in [-0.15, -0.1) is 0 Å². The van der Waals surface area contributed by atoms with Gasteiger partial charge in [-0.3, -0.25) is 9.59 Å². The summed E-state index contributed by atoms with van der Waals surface area (Å²) in [7, 11) is 0. The van der Waals surface area contributed by atoms with E-state index in [9.17, 15) is 9.59 Å². The van der Waals surface area contributed by atoms with Crippen molar-refractivity contribution in [3.63, 3.8) is 0 Å². The summed E-state index contributed by atoms with van der Waals surface area (Å²) in [5.41, 5.74) is -0.541. The van der Waals surface area contributed by atoms with E-state index < -0.39 is 11.4 Å². The lowest BCUT2D eigenvalue weighted by atomic mass is 9.89. The summed E-state index contributed by atoms with van der Waals surface area (Å²) in [6.07, 6.45) is -0.0945. The van der Waals surface area contributed by atoms with Gasteiger partial charge in [0.1, 0.15) is 5.75 Å². The minimum Gasteiger partial charge on any atom is -0.492 e. The van der Waals surface area contributed by atoms with E-state index in [2.05, 4.69) is 5.32 Å². The van der Waals surface area contributed by atoms with Crippen LogP contribution in [0.2, 0.25) is 0 Å². The van der Waals surface area contributed by atoms with Gasteiger partial charge in [0.05, 0.1) is 17.7 Å². The highest BCUT2D eigenvalue weighted by molar-refractivity contribution is 5.95. The van der Waals surface area contributed by atoms with Crippen LogP contribution in [0.15, 0.2) is 24.3 Å². The molecule has 0 bridgehead atoms. The monoisotopic (exact) mass is 265 g/mol. The minimum absolute atomic E-state index is 0.0945. The van der Waals surface area contributed by atoms with Gasteiger partial charge in [0.15, 0.2) is 0 Å². The molecule has 0 aliphatic heterocycles. The van der Waals surface area contributed by atoms with E-state index in [1.165, 1.54) is 13.8 Å². The number of carbonyl (C=O) groups excluding carboxylic acids is 1. The Morgan fingerprint density at radius 1 is 1.32 bits per heavy atom.